The van der Waals surface area contributed by atoms with Gasteiger partial charge in [-0.15, -0.1) is 0 Å². The van der Waals surface area contributed by atoms with Crippen LogP contribution in [0.15, 0.2) is 12.2 Å². The Morgan fingerprint density at radius 2 is 2.30 bits per heavy atom. The largest absolute Gasteiger partial charge is 0.375 e. The maximum absolute atomic E-state index is 5.46. The minimum atomic E-state index is 0.252. The van der Waals surface area contributed by atoms with Crippen LogP contribution in [0, 0.1) is 0 Å². The second-order valence-electron chi connectivity index (χ2n) is 2.78. The van der Waals surface area contributed by atoms with Gasteiger partial charge in [-0.1, -0.05) is 12.2 Å². The summed E-state index contributed by atoms with van der Waals surface area (Å²) in [6.07, 6.45) is 7.12. The molecule has 0 bridgehead atoms. The molecule has 1 saturated heterocycles. The van der Waals surface area contributed by atoms with Gasteiger partial charge in [0.1, 0.15) is 6.10 Å². The van der Waals surface area contributed by atoms with Crippen molar-refractivity contribution in [3.63, 3.8) is 0 Å². The third-order valence-electron chi connectivity index (χ3n) is 2.04. The van der Waals surface area contributed by atoms with Gasteiger partial charge in [-0.3, -0.25) is 0 Å². The number of hydrogen-bond donors (Lipinski definition) is 0. The fraction of sp³-hybridized carbons (Fsp3) is 0.750. The van der Waals surface area contributed by atoms with Gasteiger partial charge in [0.05, 0.1) is 12.7 Å². The highest BCUT2D eigenvalue weighted by atomic mass is 16.5. The fourth-order valence-corrected chi connectivity index (χ4v) is 1.50. The van der Waals surface area contributed by atoms with Gasteiger partial charge in [0.15, 0.2) is 0 Å². The molecule has 0 radical (unpaired) electrons. The van der Waals surface area contributed by atoms with E-state index < -0.39 is 0 Å². The third-order valence-corrected chi connectivity index (χ3v) is 2.04. The molecule has 2 heteroatoms. The van der Waals surface area contributed by atoms with Gasteiger partial charge >= 0.3 is 0 Å². The molecule has 2 nitrogen and oxygen atoms in total. The second-order valence-corrected chi connectivity index (χ2v) is 2.78. The van der Waals surface area contributed by atoms with E-state index in [1.54, 1.807) is 0 Å². The Morgan fingerprint density at radius 1 is 1.30 bits per heavy atom. The number of rotatable bonds is 1. The molecule has 0 aliphatic carbocycles. The van der Waals surface area contributed by atoms with Crippen LogP contribution in [0.2, 0.25) is 0 Å². The lowest BCUT2D eigenvalue weighted by Gasteiger charge is -2.14. The van der Waals surface area contributed by atoms with Crippen molar-refractivity contribution in [1.82, 2.24) is 0 Å². The molecule has 0 aromatic rings. The molecule has 10 heavy (non-hydrogen) atoms. The summed E-state index contributed by atoms with van der Waals surface area (Å²) in [6, 6.07) is 0. The Hall–Kier alpha value is -0.340. The lowest BCUT2D eigenvalue weighted by atomic mass is 10.1. The van der Waals surface area contributed by atoms with Gasteiger partial charge in [-0.05, 0) is 12.8 Å². The minimum absolute atomic E-state index is 0.252. The Labute approximate surface area is 60.8 Å². The van der Waals surface area contributed by atoms with Crippen LogP contribution in [-0.2, 0) is 9.47 Å². The van der Waals surface area contributed by atoms with E-state index in [1.165, 1.54) is 6.42 Å². The molecule has 0 amide bonds. The topological polar surface area (TPSA) is 18.5 Å². The summed E-state index contributed by atoms with van der Waals surface area (Å²) in [5.74, 6) is 0. The number of hydrogen-bond acceptors (Lipinski definition) is 2. The van der Waals surface area contributed by atoms with E-state index in [2.05, 4.69) is 12.2 Å². The first-order valence-electron chi connectivity index (χ1n) is 3.87. The van der Waals surface area contributed by atoms with Crippen LogP contribution in [0.25, 0.3) is 0 Å². The van der Waals surface area contributed by atoms with Crippen molar-refractivity contribution < 1.29 is 9.47 Å². The van der Waals surface area contributed by atoms with E-state index in [4.69, 9.17) is 9.47 Å². The summed E-state index contributed by atoms with van der Waals surface area (Å²) in [4.78, 5) is 0. The van der Waals surface area contributed by atoms with Crippen LogP contribution < -0.4 is 0 Å². The van der Waals surface area contributed by atoms with Crippen LogP contribution in [-0.4, -0.2) is 25.4 Å². The van der Waals surface area contributed by atoms with E-state index in [0.29, 0.717) is 6.10 Å². The van der Waals surface area contributed by atoms with E-state index in [9.17, 15) is 0 Å². The first-order valence-corrected chi connectivity index (χ1v) is 3.87. The Morgan fingerprint density at radius 3 is 2.90 bits per heavy atom. The average Bonchev–Trinajstić information content (AvgIpc) is 2.59. The second kappa shape index (κ2) is 2.72. The predicted octanol–water partition coefficient (Wildman–Crippen LogP) is 1.12. The zero-order valence-corrected chi connectivity index (χ0v) is 5.95. The summed E-state index contributed by atoms with van der Waals surface area (Å²) in [5, 5.41) is 0. The standard InChI is InChI=1S/C8H12O2/c1-3-7(9-5-1)8-4-2-6-10-8/h1,3,7-8H,2,4-6H2. The van der Waals surface area contributed by atoms with Gasteiger partial charge in [0, 0.05) is 6.61 Å². The van der Waals surface area contributed by atoms with Crippen molar-refractivity contribution in [3.8, 4) is 0 Å². The van der Waals surface area contributed by atoms with Crippen molar-refractivity contribution >= 4 is 0 Å². The SMILES string of the molecule is C1=CC(C2CCCO2)OC1. The van der Waals surface area contributed by atoms with Gasteiger partial charge in [0.2, 0.25) is 0 Å². The first-order chi connectivity index (χ1) is 4.97. The maximum atomic E-state index is 5.46. The summed E-state index contributed by atoms with van der Waals surface area (Å²) in [5.41, 5.74) is 0. The predicted molar refractivity (Wildman–Crippen MR) is 37.9 cm³/mol. The lowest BCUT2D eigenvalue weighted by Crippen LogP contribution is -2.23. The molecule has 2 aliphatic heterocycles. The maximum Gasteiger partial charge on any atom is 0.102 e. The summed E-state index contributed by atoms with van der Waals surface area (Å²) >= 11 is 0. The van der Waals surface area contributed by atoms with Crippen LogP contribution in [0.5, 0.6) is 0 Å². The van der Waals surface area contributed by atoms with Crippen molar-refractivity contribution in [2.45, 2.75) is 25.0 Å². The van der Waals surface area contributed by atoms with E-state index in [0.717, 1.165) is 19.6 Å². The lowest BCUT2D eigenvalue weighted by molar-refractivity contribution is -0.00423. The molecular formula is C8H12O2. The van der Waals surface area contributed by atoms with Crippen LogP contribution in [0.1, 0.15) is 12.8 Å². The Balaban J connectivity index is 1.91. The molecule has 2 atom stereocenters. The molecule has 0 aromatic carbocycles. The van der Waals surface area contributed by atoms with Gasteiger partial charge < -0.3 is 9.47 Å². The van der Waals surface area contributed by atoms with Crippen molar-refractivity contribution in [2.75, 3.05) is 13.2 Å². The normalized spacial score (nSPS) is 39.2. The quantitative estimate of drug-likeness (QED) is 0.508. The molecule has 0 spiro atoms. The summed E-state index contributed by atoms with van der Waals surface area (Å²) in [7, 11) is 0. The van der Waals surface area contributed by atoms with E-state index in [-0.39, 0.29) is 6.10 Å². The van der Waals surface area contributed by atoms with Crippen LogP contribution in [0.4, 0.5) is 0 Å². The van der Waals surface area contributed by atoms with Gasteiger partial charge in [-0.2, -0.15) is 0 Å². The van der Waals surface area contributed by atoms with Crippen molar-refractivity contribution in [2.24, 2.45) is 0 Å². The zero-order chi connectivity index (χ0) is 6.81. The highest BCUT2D eigenvalue weighted by Gasteiger charge is 2.25. The molecule has 2 unspecified atom stereocenters. The average molecular weight is 140 g/mol. The molecule has 2 aliphatic rings. The molecule has 2 rings (SSSR count). The number of ether oxygens (including phenoxy) is 2. The molecule has 56 valence electrons. The highest BCUT2D eigenvalue weighted by molar-refractivity contribution is 5.00. The summed E-state index contributed by atoms with van der Waals surface area (Å²) in [6.45, 7) is 1.68. The molecule has 0 N–H and O–H groups in total. The monoisotopic (exact) mass is 140 g/mol. The smallest absolute Gasteiger partial charge is 0.102 e. The van der Waals surface area contributed by atoms with E-state index >= 15 is 0 Å². The third kappa shape index (κ3) is 1.09. The molecular weight excluding hydrogens is 128 g/mol. The van der Waals surface area contributed by atoms with Gasteiger partial charge in [-0.25, -0.2) is 0 Å². The molecule has 1 fully saturated rings. The Bertz CT molecular complexity index is 136. The Kier molecular flexibility index (Phi) is 1.74. The van der Waals surface area contributed by atoms with Crippen LogP contribution in [0.3, 0.4) is 0 Å². The highest BCUT2D eigenvalue weighted by Crippen LogP contribution is 2.20. The molecule has 0 saturated carbocycles. The van der Waals surface area contributed by atoms with E-state index in [1.807, 2.05) is 0 Å². The first kappa shape index (κ1) is 6.38. The van der Waals surface area contributed by atoms with Crippen LogP contribution >= 0.6 is 0 Å². The zero-order valence-electron chi connectivity index (χ0n) is 5.95. The fourth-order valence-electron chi connectivity index (χ4n) is 1.50. The van der Waals surface area contributed by atoms with Crippen molar-refractivity contribution in [1.29, 1.82) is 0 Å². The minimum Gasteiger partial charge on any atom is -0.375 e. The van der Waals surface area contributed by atoms with Gasteiger partial charge in [0.25, 0.3) is 0 Å². The molecule has 2 heterocycles. The van der Waals surface area contributed by atoms with Crippen molar-refractivity contribution in [3.05, 3.63) is 12.2 Å². The summed E-state index contributed by atoms with van der Waals surface area (Å²) < 4.78 is 10.9. The molecule has 0 aromatic heterocycles.